The van der Waals surface area contributed by atoms with Gasteiger partial charge in [0, 0.05) is 22.7 Å². The summed E-state index contributed by atoms with van der Waals surface area (Å²) in [4.78, 5) is 24.4. The molecular weight excluding hydrogens is 404 g/mol. The minimum atomic E-state index is -0.790. The van der Waals surface area contributed by atoms with Crippen LogP contribution in [0.5, 0.6) is 5.75 Å². The van der Waals surface area contributed by atoms with E-state index in [0.717, 1.165) is 29.7 Å². The average Bonchev–Trinajstić information content (AvgIpc) is 3.64. The van der Waals surface area contributed by atoms with Gasteiger partial charge in [0.15, 0.2) is 0 Å². The van der Waals surface area contributed by atoms with Crippen LogP contribution < -0.4 is 15.4 Å². The number of hydrogen-bond donors (Lipinski definition) is 2. The second-order valence-electron chi connectivity index (χ2n) is 7.47. The fourth-order valence-corrected chi connectivity index (χ4v) is 2.81. The summed E-state index contributed by atoms with van der Waals surface area (Å²) in [5.41, 5.74) is 2.02. The summed E-state index contributed by atoms with van der Waals surface area (Å²) in [5.74, 6) is 11.6. The van der Waals surface area contributed by atoms with E-state index in [4.69, 9.17) is 9.47 Å². The number of methoxy groups -OCH3 is 1. The Morgan fingerprint density at radius 3 is 2.03 bits per heavy atom. The van der Waals surface area contributed by atoms with Crippen molar-refractivity contribution in [3.63, 3.8) is 0 Å². The second kappa shape index (κ2) is 11.0. The standard InChI is InChI=1S/C26H26N2O4/c1-18(27-2)24(26(30)31-3)28-25(29)21-12-8-19(9-13-21)6-4-5-7-20-10-14-22(15-11-20)32-23-16-17-23/h8-15,18,23-24,27H,16-17H2,1-3H3,(H,28,29)/t18-,24+/m1/s1. The molecule has 1 amide bonds. The lowest BCUT2D eigenvalue weighted by molar-refractivity contribution is -0.143. The van der Waals surface area contributed by atoms with Crippen molar-refractivity contribution in [2.45, 2.75) is 38.0 Å². The molecule has 2 N–H and O–H groups in total. The Morgan fingerprint density at radius 2 is 1.53 bits per heavy atom. The third-order valence-electron chi connectivity index (χ3n) is 5.00. The van der Waals surface area contributed by atoms with E-state index in [9.17, 15) is 9.59 Å². The minimum Gasteiger partial charge on any atom is -0.490 e. The summed E-state index contributed by atoms with van der Waals surface area (Å²) in [7, 11) is 3.00. The molecule has 2 aromatic carbocycles. The molecule has 0 radical (unpaired) electrons. The van der Waals surface area contributed by atoms with Crippen LogP contribution in [0.25, 0.3) is 0 Å². The van der Waals surface area contributed by atoms with Crippen molar-refractivity contribution in [2.24, 2.45) is 0 Å². The molecule has 6 heteroatoms. The van der Waals surface area contributed by atoms with Crippen molar-refractivity contribution < 1.29 is 19.1 Å². The maximum absolute atomic E-state index is 12.5. The largest absolute Gasteiger partial charge is 0.490 e. The van der Waals surface area contributed by atoms with Crippen LogP contribution in [0.15, 0.2) is 48.5 Å². The van der Waals surface area contributed by atoms with Gasteiger partial charge in [0.05, 0.1) is 13.2 Å². The smallest absolute Gasteiger partial charge is 0.330 e. The van der Waals surface area contributed by atoms with Gasteiger partial charge in [-0.2, -0.15) is 0 Å². The van der Waals surface area contributed by atoms with Gasteiger partial charge in [0.2, 0.25) is 0 Å². The highest BCUT2D eigenvalue weighted by molar-refractivity contribution is 5.97. The summed E-state index contributed by atoms with van der Waals surface area (Å²) in [6, 6.07) is 13.4. The van der Waals surface area contributed by atoms with Gasteiger partial charge in [-0.1, -0.05) is 11.8 Å². The van der Waals surface area contributed by atoms with E-state index in [2.05, 4.69) is 34.3 Å². The zero-order chi connectivity index (χ0) is 22.9. The lowest BCUT2D eigenvalue weighted by atomic mass is 10.1. The Balaban J connectivity index is 1.58. The molecule has 3 rings (SSSR count). The van der Waals surface area contributed by atoms with Gasteiger partial charge in [0.1, 0.15) is 11.8 Å². The van der Waals surface area contributed by atoms with Crippen LogP contribution in [0.1, 0.15) is 41.3 Å². The van der Waals surface area contributed by atoms with Crippen LogP contribution in [0, 0.1) is 23.7 Å². The van der Waals surface area contributed by atoms with Crippen LogP contribution in [-0.4, -0.2) is 44.2 Å². The predicted molar refractivity (Wildman–Crippen MR) is 122 cm³/mol. The summed E-state index contributed by atoms with van der Waals surface area (Å²) < 4.78 is 10.5. The molecule has 1 aliphatic carbocycles. The van der Waals surface area contributed by atoms with E-state index in [0.29, 0.717) is 11.7 Å². The second-order valence-corrected chi connectivity index (χ2v) is 7.47. The Hall–Kier alpha value is -3.74. The summed E-state index contributed by atoms with van der Waals surface area (Å²) in [6.07, 6.45) is 2.64. The van der Waals surface area contributed by atoms with Crippen molar-refractivity contribution in [3.8, 4) is 29.4 Å². The highest BCUT2D eigenvalue weighted by Gasteiger charge is 2.27. The third kappa shape index (κ3) is 6.63. The van der Waals surface area contributed by atoms with Crippen molar-refractivity contribution >= 4 is 11.9 Å². The zero-order valence-corrected chi connectivity index (χ0v) is 18.4. The van der Waals surface area contributed by atoms with Crippen molar-refractivity contribution in [3.05, 3.63) is 65.2 Å². The molecule has 0 saturated heterocycles. The Morgan fingerprint density at radius 1 is 0.969 bits per heavy atom. The van der Waals surface area contributed by atoms with Gasteiger partial charge in [-0.3, -0.25) is 4.79 Å². The molecule has 1 saturated carbocycles. The summed E-state index contributed by atoms with van der Waals surface area (Å²) in [5, 5.41) is 5.65. The first-order valence-electron chi connectivity index (χ1n) is 10.4. The lowest BCUT2D eigenvalue weighted by Gasteiger charge is -2.22. The molecule has 1 fully saturated rings. The highest BCUT2D eigenvalue weighted by Crippen LogP contribution is 2.26. The Bertz CT molecular complexity index is 1070. The molecular formula is C26H26N2O4. The van der Waals surface area contributed by atoms with Crippen molar-refractivity contribution in [1.29, 1.82) is 0 Å². The first-order chi connectivity index (χ1) is 15.5. The van der Waals surface area contributed by atoms with E-state index >= 15 is 0 Å². The number of carbonyl (C=O) groups is 2. The molecule has 2 aromatic rings. The first-order valence-corrected chi connectivity index (χ1v) is 10.4. The van der Waals surface area contributed by atoms with Crippen molar-refractivity contribution in [1.82, 2.24) is 10.6 Å². The van der Waals surface area contributed by atoms with Gasteiger partial charge < -0.3 is 20.1 Å². The quantitative estimate of drug-likeness (QED) is 0.522. The molecule has 164 valence electrons. The predicted octanol–water partition coefficient (Wildman–Crippen LogP) is 2.51. The summed E-state index contributed by atoms with van der Waals surface area (Å²) >= 11 is 0. The van der Waals surface area contributed by atoms with Gasteiger partial charge in [-0.25, -0.2) is 4.79 Å². The van der Waals surface area contributed by atoms with Crippen LogP contribution in [-0.2, 0) is 9.53 Å². The number of likely N-dealkylation sites (N-methyl/N-ethyl adjacent to an activating group) is 1. The Labute approximate surface area is 188 Å². The molecule has 1 aliphatic rings. The molecule has 0 spiro atoms. The van der Waals surface area contributed by atoms with Gasteiger partial charge in [-0.05, 0) is 87.2 Å². The zero-order valence-electron chi connectivity index (χ0n) is 18.4. The van der Waals surface area contributed by atoms with Crippen LogP contribution in [0.3, 0.4) is 0 Å². The maximum atomic E-state index is 12.5. The Kier molecular flexibility index (Phi) is 7.91. The van der Waals surface area contributed by atoms with Crippen LogP contribution in [0.4, 0.5) is 0 Å². The molecule has 32 heavy (non-hydrogen) atoms. The number of ether oxygens (including phenoxy) is 2. The number of benzene rings is 2. The fraction of sp³-hybridized carbons (Fsp3) is 0.308. The van der Waals surface area contributed by atoms with E-state index in [1.165, 1.54) is 7.11 Å². The number of amides is 1. The molecule has 0 aliphatic heterocycles. The van der Waals surface area contributed by atoms with Gasteiger partial charge in [0.25, 0.3) is 5.91 Å². The van der Waals surface area contributed by atoms with E-state index in [1.54, 1.807) is 38.2 Å². The minimum absolute atomic E-state index is 0.281. The molecule has 6 nitrogen and oxygen atoms in total. The maximum Gasteiger partial charge on any atom is 0.330 e. The lowest BCUT2D eigenvalue weighted by Crippen LogP contribution is -2.52. The topological polar surface area (TPSA) is 76.7 Å². The molecule has 0 aromatic heterocycles. The van der Waals surface area contributed by atoms with E-state index in [1.807, 2.05) is 24.3 Å². The van der Waals surface area contributed by atoms with Crippen LogP contribution in [0.2, 0.25) is 0 Å². The third-order valence-corrected chi connectivity index (χ3v) is 5.00. The number of rotatable bonds is 7. The van der Waals surface area contributed by atoms with Crippen LogP contribution >= 0.6 is 0 Å². The SMILES string of the molecule is CN[C@H](C)[C@H](NC(=O)c1ccc(C#CC#Cc2ccc(OC3CC3)cc2)cc1)C(=O)OC. The number of hydrogen-bond acceptors (Lipinski definition) is 5. The van der Waals surface area contributed by atoms with E-state index in [-0.39, 0.29) is 11.9 Å². The first kappa shape index (κ1) is 22.9. The molecule has 0 unspecified atom stereocenters. The number of carbonyl (C=O) groups excluding carboxylic acids is 2. The fourth-order valence-electron chi connectivity index (χ4n) is 2.81. The van der Waals surface area contributed by atoms with Gasteiger partial charge in [-0.15, -0.1) is 0 Å². The number of nitrogens with one attached hydrogen (secondary N) is 2. The normalized spacial score (nSPS) is 14.0. The average molecular weight is 431 g/mol. The highest BCUT2D eigenvalue weighted by atomic mass is 16.5. The number of esters is 1. The van der Waals surface area contributed by atoms with E-state index < -0.39 is 12.0 Å². The van der Waals surface area contributed by atoms with Gasteiger partial charge >= 0.3 is 5.97 Å². The molecule has 0 bridgehead atoms. The molecule has 2 atom stereocenters. The molecule has 0 heterocycles. The summed E-state index contributed by atoms with van der Waals surface area (Å²) in [6.45, 7) is 1.79. The monoisotopic (exact) mass is 430 g/mol. The van der Waals surface area contributed by atoms with Crippen molar-refractivity contribution in [2.75, 3.05) is 14.2 Å².